The maximum atomic E-state index is 5.74. The molecule has 2 aromatic rings. The van der Waals surface area contributed by atoms with Gasteiger partial charge in [-0.1, -0.05) is 78.9 Å². The average molecular weight is 255 g/mol. The van der Waals surface area contributed by atoms with E-state index in [-0.39, 0.29) is 0 Å². The Morgan fingerprint density at radius 3 is 1.83 bits per heavy atom. The van der Waals surface area contributed by atoms with E-state index in [0.29, 0.717) is 5.88 Å². The molecule has 0 spiro atoms. The Hall–Kier alpha value is -1.79. The Morgan fingerprint density at radius 2 is 1.28 bits per heavy atom. The van der Waals surface area contributed by atoms with E-state index in [4.69, 9.17) is 11.6 Å². The number of halogens is 1. The van der Waals surface area contributed by atoms with Crippen molar-refractivity contribution >= 4 is 23.8 Å². The topological polar surface area (TPSA) is 0 Å². The zero-order chi connectivity index (χ0) is 12.6. The van der Waals surface area contributed by atoms with E-state index in [9.17, 15) is 0 Å². The first-order valence-corrected chi connectivity index (χ1v) is 6.46. The molecule has 0 fully saturated rings. The summed E-state index contributed by atoms with van der Waals surface area (Å²) in [5, 5.41) is 0. The molecule has 0 aromatic heterocycles. The summed E-state index contributed by atoms with van der Waals surface area (Å²) in [6.07, 6.45) is 8.26. The Morgan fingerprint density at radius 1 is 0.722 bits per heavy atom. The molecule has 0 saturated carbocycles. The normalized spacial score (nSPS) is 11.4. The summed E-state index contributed by atoms with van der Waals surface area (Å²) in [4.78, 5) is 0. The minimum Gasteiger partial charge on any atom is -0.122 e. The molecule has 0 aliphatic rings. The van der Waals surface area contributed by atoms with Crippen molar-refractivity contribution in [2.45, 2.75) is 5.88 Å². The summed E-state index contributed by atoms with van der Waals surface area (Å²) in [6.45, 7) is 0. The number of alkyl halides is 1. The molecule has 2 aromatic carbocycles. The lowest BCUT2D eigenvalue weighted by molar-refractivity contribution is 1.40. The smallest absolute Gasteiger partial charge is 0.0474 e. The Kier molecular flexibility index (Phi) is 4.80. The molecule has 0 bridgehead atoms. The van der Waals surface area contributed by atoms with Crippen LogP contribution in [0.3, 0.4) is 0 Å². The van der Waals surface area contributed by atoms with Gasteiger partial charge in [0.2, 0.25) is 0 Å². The first kappa shape index (κ1) is 12.7. The van der Waals surface area contributed by atoms with Crippen LogP contribution in [0.2, 0.25) is 0 Å². The molecule has 2 rings (SSSR count). The zero-order valence-corrected chi connectivity index (χ0v) is 10.8. The van der Waals surface area contributed by atoms with Crippen LogP contribution in [0.4, 0.5) is 0 Å². The van der Waals surface area contributed by atoms with Crippen LogP contribution in [-0.4, -0.2) is 0 Å². The highest BCUT2D eigenvalue weighted by molar-refractivity contribution is 6.17. The molecule has 0 radical (unpaired) electrons. The highest BCUT2D eigenvalue weighted by Crippen LogP contribution is 2.08. The van der Waals surface area contributed by atoms with Gasteiger partial charge >= 0.3 is 0 Å². The standard InChI is InChI=1S/C17H15Cl/c18-14-17-12-10-16(11-13-17)9-5-4-8-15-6-2-1-3-7-15/h1-13H,14H2. The SMILES string of the molecule is ClCc1ccc(C=CC=Cc2ccccc2)cc1. The number of hydrogen-bond acceptors (Lipinski definition) is 0. The minimum absolute atomic E-state index is 0.567. The third-order valence-electron chi connectivity index (χ3n) is 2.62. The lowest BCUT2D eigenvalue weighted by Crippen LogP contribution is -1.77. The van der Waals surface area contributed by atoms with E-state index >= 15 is 0 Å². The maximum absolute atomic E-state index is 5.74. The number of benzene rings is 2. The fourth-order valence-corrected chi connectivity index (χ4v) is 1.79. The lowest BCUT2D eigenvalue weighted by atomic mass is 10.1. The van der Waals surface area contributed by atoms with Crippen LogP contribution in [0.15, 0.2) is 66.7 Å². The van der Waals surface area contributed by atoms with Gasteiger partial charge in [-0.25, -0.2) is 0 Å². The Labute approximate surface area is 113 Å². The highest BCUT2D eigenvalue weighted by Gasteiger charge is 1.89. The van der Waals surface area contributed by atoms with Gasteiger partial charge in [-0.15, -0.1) is 11.6 Å². The molecule has 0 nitrogen and oxygen atoms in total. The van der Waals surface area contributed by atoms with Crippen molar-refractivity contribution in [1.29, 1.82) is 0 Å². The third kappa shape index (κ3) is 3.90. The van der Waals surface area contributed by atoms with E-state index in [0.717, 1.165) is 5.56 Å². The number of hydrogen-bond donors (Lipinski definition) is 0. The second kappa shape index (κ2) is 6.83. The monoisotopic (exact) mass is 254 g/mol. The molecule has 0 aliphatic carbocycles. The molecular weight excluding hydrogens is 240 g/mol. The second-order valence-electron chi connectivity index (χ2n) is 4.00. The van der Waals surface area contributed by atoms with Gasteiger partial charge in [-0.05, 0) is 16.7 Å². The van der Waals surface area contributed by atoms with Crippen molar-refractivity contribution in [2.75, 3.05) is 0 Å². The van der Waals surface area contributed by atoms with Crippen molar-refractivity contribution in [1.82, 2.24) is 0 Å². The fraction of sp³-hybridized carbons (Fsp3) is 0.0588. The summed E-state index contributed by atoms with van der Waals surface area (Å²) < 4.78 is 0. The summed E-state index contributed by atoms with van der Waals surface area (Å²) >= 11 is 5.74. The molecule has 0 aliphatic heterocycles. The molecule has 18 heavy (non-hydrogen) atoms. The number of rotatable bonds is 4. The van der Waals surface area contributed by atoms with Crippen LogP contribution in [-0.2, 0) is 5.88 Å². The molecule has 0 N–H and O–H groups in total. The second-order valence-corrected chi connectivity index (χ2v) is 4.27. The fourth-order valence-electron chi connectivity index (χ4n) is 1.62. The lowest BCUT2D eigenvalue weighted by Gasteiger charge is -1.95. The van der Waals surface area contributed by atoms with Gasteiger partial charge in [0.1, 0.15) is 0 Å². The highest BCUT2D eigenvalue weighted by atomic mass is 35.5. The van der Waals surface area contributed by atoms with Crippen LogP contribution in [0.25, 0.3) is 12.2 Å². The summed E-state index contributed by atoms with van der Waals surface area (Å²) in [7, 11) is 0. The molecule has 0 heterocycles. The van der Waals surface area contributed by atoms with Gasteiger partial charge in [0.25, 0.3) is 0 Å². The average Bonchev–Trinajstić information content (AvgIpc) is 2.45. The summed E-state index contributed by atoms with van der Waals surface area (Å²) in [5.74, 6) is 0.567. The zero-order valence-electron chi connectivity index (χ0n) is 10.1. The van der Waals surface area contributed by atoms with Crippen LogP contribution in [0.1, 0.15) is 16.7 Å². The van der Waals surface area contributed by atoms with Gasteiger partial charge in [-0.3, -0.25) is 0 Å². The van der Waals surface area contributed by atoms with Gasteiger partial charge in [0, 0.05) is 5.88 Å². The van der Waals surface area contributed by atoms with E-state index in [1.807, 2.05) is 42.5 Å². The van der Waals surface area contributed by atoms with E-state index < -0.39 is 0 Å². The predicted octanol–water partition coefficient (Wildman–Crippen LogP) is 5.15. The summed E-state index contributed by atoms with van der Waals surface area (Å²) in [5.41, 5.74) is 3.54. The van der Waals surface area contributed by atoms with Crippen LogP contribution in [0.5, 0.6) is 0 Å². The van der Waals surface area contributed by atoms with E-state index in [2.05, 4.69) is 36.4 Å². The molecule has 0 atom stereocenters. The Bertz CT molecular complexity index is 521. The van der Waals surface area contributed by atoms with Crippen molar-refractivity contribution < 1.29 is 0 Å². The van der Waals surface area contributed by atoms with Crippen molar-refractivity contribution in [3.8, 4) is 0 Å². The van der Waals surface area contributed by atoms with Crippen LogP contribution < -0.4 is 0 Å². The Balaban J connectivity index is 1.96. The predicted molar refractivity (Wildman–Crippen MR) is 80.5 cm³/mol. The first-order valence-electron chi connectivity index (χ1n) is 5.93. The van der Waals surface area contributed by atoms with Crippen molar-refractivity contribution in [3.05, 3.63) is 83.4 Å². The van der Waals surface area contributed by atoms with Gasteiger partial charge < -0.3 is 0 Å². The largest absolute Gasteiger partial charge is 0.122 e. The molecular formula is C17H15Cl. The minimum atomic E-state index is 0.567. The van der Waals surface area contributed by atoms with Crippen molar-refractivity contribution in [3.63, 3.8) is 0 Å². The van der Waals surface area contributed by atoms with E-state index in [1.54, 1.807) is 0 Å². The molecule has 90 valence electrons. The maximum Gasteiger partial charge on any atom is 0.0474 e. The van der Waals surface area contributed by atoms with E-state index in [1.165, 1.54) is 11.1 Å². The molecule has 1 heteroatoms. The molecule has 0 saturated heterocycles. The first-order chi connectivity index (χ1) is 8.88. The molecule has 0 unspecified atom stereocenters. The quantitative estimate of drug-likeness (QED) is 0.523. The number of allylic oxidation sites excluding steroid dienone is 2. The van der Waals surface area contributed by atoms with Gasteiger partial charge in [-0.2, -0.15) is 0 Å². The van der Waals surface area contributed by atoms with Crippen molar-refractivity contribution in [2.24, 2.45) is 0 Å². The van der Waals surface area contributed by atoms with Crippen LogP contribution >= 0.6 is 11.6 Å². The third-order valence-corrected chi connectivity index (χ3v) is 2.93. The molecule has 0 amide bonds. The summed E-state index contributed by atoms with van der Waals surface area (Å²) in [6, 6.07) is 18.5. The van der Waals surface area contributed by atoms with Gasteiger partial charge in [0.15, 0.2) is 0 Å². The van der Waals surface area contributed by atoms with Gasteiger partial charge in [0.05, 0.1) is 0 Å². The van der Waals surface area contributed by atoms with Crippen LogP contribution in [0, 0.1) is 0 Å².